The fraction of sp³-hybridized carbons (Fsp3) is 0.350. The molecule has 0 saturated heterocycles. The first-order valence-electron chi connectivity index (χ1n) is 8.20. The molecule has 0 spiro atoms. The number of hydrogen-bond donors (Lipinski definition) is 0. The van der Waals surface area contributed by atoms with Crippen molar-refractivity contribution in [3.05, 3.63) is 65.2 Å². The van der Waals surface area contributed by atoms with E-state index in [1.54, 1.807) is 4.90 Å². The molecule has 2 nitrogen and oxygen atoms in total. The first-order valence-corrected chi connectivity index (χ1v) is 18.8. The Bertz CT molecular complexity index is 654. The standard InChI is InChI=1S/C17H18NO.3CH3.Sn/c1-4-14-7-9-15(10-8-14)17(19)18(3)16-11-5-13(2)6-12-16;;;;/h5-12H,1,4H2,2-3H3;3*1H3;. The summed E-state index contributed by atoms with van der Waals surface area (Å²) in [7, 11) is 1.83. The molecule has 0 saturated carbocycles. The SMILES string of the molecule is Cc1ccc(N(C)C(=O)c2ccc(C[CH2][Sn]([CH3])([CH3])[CH3])cc2)cc1. The molecule has 0 unspecified atom stereocenters. The second-order valence-electron chi connectivity index (χ2n) is 7.46. The maximum absolute atomic E-state index is 12.6. The summed E-state index contributed by atoms with van der Waals surface area (Å²) in [6.45, 7) is 2.05. The van der Waals surface area contributed by atoms with Gasteiger partial charge >= 0.3 is 138 Å². The van der Waals surface area contributed by atoms with E-state index in [2.05, 4.69) is 27.0 Å². The third-order valence-electron chi connectivity index (χ3n) is 4.09. The Morgan fingerprint density at radius 2 is 1.52 bits per heavy atom. The zero-order chi connectivity index (χ0) is 17.0. The van der Waals surface area contributed by atoms with Gasteiger partial charge in [-0.25, -0.2) is 0 Å². The van der Waals surface area contributed by atoms with E-state index in [4.69, 9.17) is 0 Å². The van der Waals surface area contributed by atoms with Crippen LogP contribution in [0.4, 0.5) is 5.69 Å². The van der Waals surface area contributed by atoms with Gasteiger partial charge in [0.25, 0.3) is 0 Å². The summed E-state index contributed by atoms with van der Waals surface area (Å²) in [5.41, 5.74) is 4.21. The Kier molecular flexibility index (Phi) is 5.90. The van der Waals surface area contributed by atoms with Crippen LogP contribution in [0.1, 0.15) is 21.5 Å². The van der Waals surface area contributed by atoms with Crippen LogP contribution in [0.3, 0.4) is 0 Å². The number of benzene rings is 2. The van der Waals surface area contributed by atoms with Crippen molar-refractivity contribution in [3.8, 4) is 0 Å². The van der Waals surface area contributed by atoms with Gasteiger partial charge in [-0.1, -0.05) is 0 Å². The van der Waals surface area contributed by atoms with Crippen LogP contribution >= 0.6 is 0 Å². The van der Waals surface area contributed by atoms with Gasteiger partial charge in [-0.05, 0) is 6.92 Å². The van der Waals surface area contributed by atoms with Crippen LogP contribution in [0, 0.1) is 6.92 Å². The van der Waals surface area contributed by atoms with Gasteiger partial charge in [-0.3, -0.25) is 0 Å². The summed E-state index contributed by atoms with van der Waals surface area (Å²) in [4.78, 5) is 21.7. The summed E-state index contributed by atoms with van der Waals surface area (Å²) < 4.78 is 1.35. The van der Waals surface area contributed by atoms with Gasteiger partial charge in [-0.2, -0.15) is 0 Å². The zero-order valence-corrected chi connectivity index (χ0v) is 17.7. The van der Waals surface area contributed by atoms with Gasteiger partial charge in [0, 0.05) is 0 Å². The van der Waals surface area contributed by atoms with Crippen molar-refractivity contribution in [2.75, 3.05) is 11.9 Å². The number of hydrogen-bond acceptors (Lipinski definition) is 1. The molecule has 0 heterocycles. The Morgan fingerprint density at radius 3 is 2.04 bits per heavy atom. The molecule has 0 aromatic heterocycles. The first-order chi connectivity index (χ1) is 10.8. The molecule has 2 rings (SSSR count). The predicted octanol–water partition coefficient (Wildman–Crippen LogP) is 5.15. The molecule has 0 aliphatic carbocycles. The van der Waals surface area contributed by atoms with Crippen LogP contribution in [0.25, 0.3) is 0 Å². The van der Waals surface area contributed by atoms with Crippen molar-refractivity contribution in [1.29, 1.82) is 0 Å². The maximum atomic E-state index is 12.6. The number of rotatable bonds is 5. The average molecular weight is 416 g/mol. The van der Waals surface area contributed by atoms with Gasteiger partial charge in [-0.15, -0.1) is 0 Å². The Morgan fingerprint density at radius 1 is 0.957 bits per heavy atom. The second-order valence-corrected chi connectivity index (χ2v) is 23.5. The van der Waals surface area contributed by atoms with Crippen LogP contribution in [0.15, 0.2) is 48.5 Å². The molecule has 23 heavy (non-hydrogen) atoms. The fourth-order valence-corrected chi connectivity index (χ4v) is 5.38. The van der Waals surface area contributed by atoms with E-state index in [1.807, 2.05) is 50.4 Å². The number of carbonyl (C=O) groups excluding carboxylic acids is 1. The van der Waals surface area contributed by atoms with E-state index >= 15 is 0 Å². The van der Waals surface area contributed by atoms with Gasteiger partial charge in [0.05, 0.1) is 0 Å². The quantitative estimate of drug-likeness (QED) is 0.618. The van der Waals surface area contributed by atoms with Gasteiger partial charge < -0.3 is 0 Å². The van der Waals surface area contributed by atoms with E-state index < -0.39 is 18.4 Å². The van der Waals surface area contributed by atoms with Crippen molar-refractivity contribution in [1.82, 2.24) is 0 Å². The molecule has 1 amide bonds. The van der Waals surface area contributed by atoms with Gasteiger partial charge in [0.15, 0.2) is 0 Å². The molecule has 0 N–H and O–H groups in total. The van der Waals surface area contributed by atoms with E-state index in [0.29, 0.717) is 0 Å². The Labute approximate surface area is 144 Å². The predicted molar refractivity (Wildman–Crippen MR) is 102 cm³/mol. The molecule has 0 fully saturated rings. The summed E-state index contributed by atoms with van der Waals surface area (Å²) in [6.07, 6.45) is 1.14. The molecule has 0 bridgehead atoms. The molecule has 0 atom stereocenters. The van der Waals surface area contributed by atoms with Crippen molar-refractivity contribution in [3.63, 3.8) is 0 Å². The topological polar surface area (TPSA) is 20.3 Å². The van der Waals surface area contributed by atoms with Crippen LogP contribution in [0.2, 0.25) is 19.3 Å². The van der Waals surface area contributed by atoms with Crippen molar-refractivity contribution < 1.29 is 4.79 Å². The summed E-state index contributed by atoms with van der Waals surface area (Å²) in [5.74, 6) is 0.0374. The molecule has 2 aromatic carbocycles. The second kappa shape index (κ2) is 7.52. The molecular formula is C20H27NOSn. The zero-order valence-electron chi connectivity index (χ0n) is 14.9. The third-order valence-corrected chi connectivity index (χ3v) is 9.09. The number of carbonyl (C=O) groups is 1. The van der Waals surface area contributed by atoms with E-state index in [0.717, 1.165) is 17.7 Å². The average Bonchev–Trinajstić information content (AvgIpc) is 2.52. The van der Waals surface area contributed by atoms with Crippen molar-refractivity contribution in [2.24, 2.45) is 0 Å². The molecular weight excluding hydrogens is 389 g/mol. The summed E-state index contributed by atoms with van der Waals surface area (Å²) in [6, 6.07) is 16.2. The monoisotopic (exact) mass is 417 g/mol. The van der Waals surface area contributed by atoms with Crippen LogP contribution < -0.4 is 4.90 Å². The third kappa shape index (κ3) is 5.38. The van der Waals surface area contributed by atoms with Crippen molar-refractivity contribution in [2.45, 2.75) is 32.6 Å². The molecule has 0 radical (unpaired) electrons. The number of amides is 1. The van der Waals surface area contributed by atoms with Gasteiger partial charge in [0.2, 0.25) is 0 Å². The van der Waals surface area contributed by atoms with Crippen molar-refractivity contribution >= 4 is 30.0 Å². The van der Waals surface area contributed by atoms with E-state index in [9.17, 15) is 4.79 Å². The molecule has 2 aromatic rings. The fourth-order valence-electron chi connectivity index (χ4n) is 2.41. The van der Waals surface area contributed by atoms with E-state index in [1.165, 1.54) is 15.6 Å². The first kappa shape index (κ1) is 18.1. The summed E-state index contributed by atoms with van der Waals surface area (Å²) in [5, 5.41) is 0. The molecule has 0 aliphatic heterocycles. The minimum absolute atomic E-state index is 0.0374. The number of aryl methyl sites for hydroxylation is 2. The van der Waals surface area contributed by atoms with Crippen LogP contribution in [-0.4, -0.2) is 31.3 Å². The number of nitrogens with zero attached hydrogens (tertiary/aromatic N) is 1. The summed E-state index contributed by atoms with van der Waals surface area (Å²) >= 11 is -1.71. The van der Waals surface area contributed by atoms with Crippen LogP contribution in [0.5, 0.6) is 0 Å². The Hall–Kier alpha value is -1.29. The molecule has 3 heteroatoms. The number of anilines is 1. The Balaban J connectivity index is 2.06. The molecule has 0 aliphatic rings. The normalized spacial score (nSPS) is 11.3. The van der Waals surface area contributed by atoms with E-state index in [-0.39, 0.29) is 5.91 Å². The molecule has 122 valence electrons. The minimum atomic E-state index is -1.71. The van der Waals surface area contributed by atoms with Crippen LogP contribution in [-0.2, 0) is 6.42 Å². The van der Waals surface area contributed by atoms with Gasteiger partial charge in [0.1, 0.15) is 0 Å².